The van der Waals surface area contributed by atoms with E-state index < -0.39 is 0 Å². The van der Waals surface area contributed by atoms with Crippen LogP contribution < -0.4 is 5.32 Å². The van der Waals surface area contributed by atoms with Crippen molar-refractivity contribution in [2.24, 2.45) is 0 Å². The van der Waals surface area contributed by atoms with Gasteiger partial charge in [-0.25, -0.2) is 15.0 Å². The molecule has 1 amide bonds. The van der Waals surface area contributed by atoms with E-state index in [0.717, 1.165) is 58.6 Å². The van der Waals surface area contributed by atoms with Crippen LogP contribution in [0.1, 0.15) is 31.7 Å². The highest BCUT2D eigenvalue weighted by Gasteiger charge is 2.39. The fourth-order valence-electron chi connectivity index (χ4n) is 4.91. The first-order chi connectivity index (χ1) is 17.1. The highest BCUT2D eigenvalue weighted by Crippen LogP contribution is 2.41. The van der Waals surface area contributed by atoms with Gasteiger partial charge in [-0.2, -0.15) is 0 Å². The van der Waals surface area contributed by atoms with E-state index in [1.165, 1.54) is 0 Å². The van der Waals surface area contributed by atoms with Gasteiger partial charge in [-0.1, -0.05) is 72.8 Å². The van der Waals surface area contributed by atoms with Gasteiger partial charge in [0.05, 0.1) is 11.7 Å². The highest BCUT2D eigenvalue weighted by atomic mass is 16.1. The lowest BCUT2D eigenvalue weighted by Crippen LogP contribution is -2.50. The van der Waals surface area contributed by atoms with Crippen molar-refractivity contribution in [3.63, 3.8) is 0 Å². The number of fused-ring (bicyclic) bond motifs is 1. The third-order valence-electron chi connectivity index (χ3n) is 6.76. The summed E-state index contributed by atoms with van der Waals surface area (Å²) in [5.74, 6) is 1.48. The zero-order chi connectivity index (χ0) is 23.8. The van der Waals surface area contributed by atoms with Crippen molar-refractivity contribution in [2.75, 3.05) is 0 Å². The molecule has 2 aromatic heterocycles. The lowest BCUT2D eigenvalue weighted by atomic mass is 9.71. The van der Waals surface area contributed by atoms with Crippen molar-refractivity contribution in [3.05, 3.63) is 96.7 Å². The number of nitrogens with zero attached hydrogens (tertiary/aromatic N) is 4. The molecular formula is C29H25N5O. The Morgan fingerprint density at radius 2 is 1.51 bits per heavy atom. The molecule has 0 aliphatic heterocycles. The fourth-order valence-corrected chi connectivity index (χ4v) is 4.91. The predicted molar refractivity (Wildman–Crippen MR) is 137 cm³/mol. The van der Waals surface area contributed by atoms with E-state index >= 15 is 0 Å². The van der Waals surface area contributed by atoms with Gasteiger partial charge in [0, 0.05) is 23.7 Å². The predicted octanol–water partition coefficient (Wildman–Crippen LogP) is 5.66. The number of amides is 1. The molecule has 172 valence electrons. The third-order valence-corrected chi connectivity index (χ3v) is 6.76. The van der Waals surface area contributed by atoms with Gasteiger partial charge < -0.3 is 5.32 Å². The summed E-state index contributed by atoms with van der Waals surface area (Å²) in [6.07, 6.45) is 4.83. The molecule has 0 radical (unpaired) electrons. The van der Waals surface area contributed by atoms with Crippen molar-refractivity contribution < 1.29 is 4.79 Å². The number of benzene rings is 3. The lowest BCUT2D eigenvalue weighted by molar-refractivity contribution is -0.122. The molecule has 1 aliphatic carbocycles. The number of hydrogen-bond donors (Lipinski definition) is 1. The monoisotopic (exact) mass is 459 g/mol. The van der Waals surface area contributed by atoms with Crippen molar-refractivity contribution in [1.29, 1.82) is 0 Å². The summed E-state index contributed by atoms with van der Waals surface area (Å²) >= 11 is 0. The summed E-state index contributed by atoms with van der Waals surface area (Å²) < 4.78 is 2.09. The largest absolute Gasteiger partial charge is 0.347 e. The first kappa shape index (κ1) is 21.2. The first-order valence-electron chi connectivity index (χ1n) is 11.9. The number of carbonyl (C=O) groups excluding carboxylic acids is 1. The van der Waals surface area contributed by atoms with Gasteiger partial charge in [-0.15, -0.1) is 0 Å². The van der Waals surface area contributed by atoms with Gasteiger partial charge >= 0.3 is 0 Å². The van der Waals surface area contributed by atoms with Crippen molar-refractivity contribution in [3.8, 4) is 28.5 Å². The average molecular weight is 460 g/mol. The van der Waals surface area contributed by atoms with Crippen LogP contribution in [0.25, 0.3) is 39.6 Å². The molecule has 0 unspecified atom stereocenters. The Morgan fingerprint density at radius 1 is 0.857 bits per heavy atom. The Bertz CT molecular complexity index is 1500. The minimum atomic E-state index is -0.258. The van der Waals surface area contributed by atoms with Crippen LogP contribution in [-0.2, 0) is 10.3 Å². The average Bonchev–Trinajstić information content (AvgIpc) is 3.26. The summed E-state index contributed by atoms with van der Waals surface area (Å²) in [4.78, 5) is 26.3. The number of carbonyl (C=O) groups is 1. The van der Waals surface area contributed by atoms with Gasteiger partial charge in [0.1, 0.15) is 11.3 Å². The molecule has 6 heteroatoms. The van der Waals surface area contributed by atoms with Crippen LogP contribution >= 0.6 is 0 Å². The molecule has 1 N–H and O–H groups in total. The van der Waals surface area contributed by atoms with Gasteiger partial charge in [0.2, 0.25) is 5.91 Å². The smallest absolute Gasteiger partial charge is 0.217 e. The molecule has 2 heterocycles. The molecule has 0 saturated heterocycles. The van der Waals surface area contributed by atoms with E-state index in [2.05, 4.69) is 51.3 Å². The van der Waals surface area contributed by atoms with E-state index in [1.807, 2.05) is 48.5 Å². The molecule has 0 bridgehead atoms. The standard InChI is InChI=1S/C29H25N5O/c1-20(35)33-29(17-8-18-29)23-13-15-24(16-14-23)34-27(22-11-6-3-7-12-22)31-25-19-30-26(32-28(25)34)21-9-4-2-5-10-21/h2-7,9-16,19H,8,17-18H2,1H3,(H,33,35). The van der Waals surface area contributed by atoms with Gasteiger partial charge in [0.25, 0.3) is 0 Å². The van der Waals surface area contributed by atoms with Crippen LogP contribution in [0.4, 0.5) is 0 Å². The van der Waals surface area contributed by atoms with Crippen LogP contribution in [0.5, 0.6) is 0 Å². The summed E-state index contributed by atoms with van der Waals surface area (Å²) in [5.41, 5.74) is 5.29. The maximum Gasteiger partial charge on any atom is 0.217 e. The summed E-state index contributed by atoms with van der Waals surface area (Å²) in [7, 11) is 0. The van der Waals surface area contributed by atoms with Crippen LogP contribution in [0.3, 0.4) is 0 Å². The van der Waals surface area contributed by atoms with Gasteiger partial charge in [0.15, 0.2) is 11.5 Å². The Labute approximate surface area is 203 Å². The maximum atomic E-state index is 11.8. The normalized spacial score (nSPS) is 14.4. The topological polar surface area (TPSA) is 72.7 Å². The number of aromatic nitrogens is 4. The Kier molecular flexibility index (Phi) is 5.14. The highest BCUT2D eigenvalue weighted by molar-refractivity contribution is 5.81. The molecule has 35 heavy (non-hydrogen) atoms. The minimum Gasteiger partial charge on any atom is -0.347 e. The molecule has 1 fully saturated rings. The number of rotatable bonds is 5. The summed E-state index contributed by atoms with van der Waals surface area (Å²) in [6, 6.07) is 28.5. The molecule has 0 spiro atoms. The molecule has 1 saturated carbocycles. The van der Waals surface area contributed by atoms with E-state index in [4.69, 9.17) is 9.97 Å². The van der Waals surface area contributed by atoms with E-state index in [-0.39, 0.29) is 11.4 Å². The molecule has 6 rings (SSSR count). The van der Waals surface area contributed by atoms with Crippen molar-refractivity contribution >= 4 is 17.1 Å². The molecule has 5 aromatic rings. The SMILES string of the molecule is CC(=O)NC1(c2ccc(-n3c(-c4ccccc4)nc4cnc(-c5ccccc5)nc43)cc2)CCC1. The molecular weight excluding hydrogens is 434 g/mol. The Hall–Kier alpha value is -4.32. The zero-order valence-electron chi connectivity index (χ0n) is 19.5. The van der Waals surface area contributed by atoms with E-state index in [9.17, 15) is 4.79 Å². The second kappa shape index (κ2) is 8.47. The molecule has 3 aromatic carbocycles. The van der Waals surface area contributed by atoms with Crippen LogP contribution in [0.2, 0.25) is 0 Å². The third kappa shape index (κ3) is 3.77. The Morgan fingerprint density at radius 3 is 2.11 bits per heavy atom. The van der Waals surface area contributed by atoms with Crippen molar-refractivity contribution in [1.82, 2.24) is 24.8 Å². The summed E-state index contributed by atoms with van der Waals surface area (Å²) in [5, 5.41) is 3.18. The van der Waals surface area contributed by atoms with Crippen molar-refractivity contribution in [2.45, 2.75) is 31.7 Å². The van der Waals surface area contributed by atoms with Crippen LogP contribution in [0.15, 0.2) is 91.1 Å². The quantitative estimate of drug-likeness (QED) is 0.368. The second-order valence-corrected chi connectivity index (χ2v) is 9.07. The number of hydrogen-bond acceptors (Lipinski definition) is 4. The lowest BCUT2D eigenvalue weighted by Gasteiger charge is -2.43. The van der Waals surface area contributed by atoms with E-state index in [1.54, 1.807) is 13.1 Å². The second-order valence-electron chi connectivity index (χ2n) is 9.07. The number of nitrogens with one attached hydrogen (secondary N) is 1. The van der Waals surface area contributed by atoms with Gasteiger partial charge in [-0.05, 0) is 37.0 Å². The summed E-state index contributed by atoms with van der Waals surface area (Å²) in [6.45, 7) is 1.59. The van der Waals surface area contributed by atoms with Gasteiger partial charge in [-0.3, -0.25) is 9.36 Å². The van der Waals surface area contributed by atoms with Crippen LogP contribution in [0, 0.1) is 0 Å². The maximum absolute atomic E-state index is 11.8. The Balaban J connectivity index is 1.51. The first-order valence-corrected chi connectivity index (χ1v) is 11.9. The zero-order valence-corrected chi connectivity index (χ0v) is 19.5. The molecule has 0 atom stereocenters. The fraction of sp³-hybridized carbons (Fsp3) is 0.172. The van der Waals surface area contributed by atoms with E-state index in [0.29, 0.717) is 5.82 Å². The molecule has 6 nitrogen and oxygen atoms in total. The van der Waals surface area contributed by atoms with Crippen LogP contribution in [-0.4, -0.2) is 25.4 Å². The molecule has 1 aliphatic rings. The number of imidazole rings is 1. The minimum absolute atomic E-state index is 0.00545.